The molecule has 0 bridgehead atoms. The maximum Gasteiger partial charge on any atom is 0.306 e. The second-order valence-electron chi connectivity index (χ2n) is 3.25. The van der Waals surface area contributed by atoms with Crippen LogP contribution >= 0.6 is 11.6 Å². The summed E-state index contributed by atoms with van der Waals surface area (Å²) in [4.78, 5) is 10.7. The summed E-state index contributed by atoms with van der Waals surface area (Å²) < 4.78 is 0. The first kappa shape index (κ1) is 8.85. The van der Waals surface area contributed by atoms with Crippen LogP contribution < -0.4 is 0 Å². The maximum absolute atomic E-state index is 10.7. The molecular weight excluding hydrogens is 164 g/mol. The molecule has 0 saturated heterocycles. The predicted molar refractivity (Wildman–Crippen MR) is 43.8 cm³/mol. The fraction of sp³-hybridized carbons (Fsp3) is 0.875. The van der Waals surface area contributed by atoms with Crippen molar-refractivity contribution in [3.8, 4) is 0 Å². The Bertz CT molecular complexity index is 158. The number of carbonyl (C=O) groups is 1. The van der Waals surface area contributed by atoms with E-state index in [1.807, 2.05) is 6.92 Å². The van der Waals surface area contributed by atoms with Crippen molar-refractivity contribution >= 4 is 17.6 Å². The average molecular weight is 177 g/mol. The molecule has 64 valence electrons. The molecule has 1 saturated carbocycles. The number of hydrogen-bond acceptors (Lipinski definition) is 1. The third-order valence-electron chi connectivity index (χ3n) is 2.52. The van der Waals surface area contributed by atoms with Gasteiger partial charge in [0.25, 0.3) is 0 Å². The van der Waals surface area contributed by atoms with E-state index < -0.39 is 5.97 Å². The Balaban J connectivity index is 2.58. The zero-order valence-corrected chi connectivity index (χ0v) is 7.34. The van der Waals surface area contributed by atoms with Crippen LogP contribution in [0.3, 0.4) is 0 Å². The summed E-state index contributed by atoms with van der Waals surface area (Å²) in [5.74, 6) is -0.781. The predicted octanol–water partition coefficient (Wildman–Crippen LogP) is 2.11. The van der Waals surface area contributed by atoms with Gasteiger partial charge in [-0.2, -0.15) is 0 Å². The zero-order valence-electron chi connectivity index (χ0n) is 6.59. The highest BCUT2D eigenvalue weighted by molar-refractivity contribution is 6.20. The highest BCUT2D eigenvalue weighted by Gasteiger charge is 2.32. The van der Waals surface area contributed by atoms with Crippen LogP contribution in [0.15, 0.2) is 0 Å². The second kappa shape index (κ2) is 3.44. The smallest absolute Gasteiger partial charge is 0.306 e. The van der Waals surface area contributed by atoms with Crippen LogP contribution in [0.5, 0.6) is 0 Å². The Morgan fingerprint density at radius 1 is 1.55 bits per heavy atom. The molecule has 11 heavy (non-hydrogen) atoms. The van der Waals surface area contributed by atoms with Crippen LogP contribution in [0.2, 0.25) is 0 Å². The lowest BCUT2D eigenvalue weighted by molar-refractivity contribution is -0.144. The van der Waals surface area contributed by atoms with E-state index >= 15 is 0 Å². The Morgan fingerprint density at radius 3 is 2.64 bits per heavy atom. The lowest BCUT2D eigenvalue weighted by Crippen LogP contribution is -2.31. The molecule has 0 amide bonds. The molecule has 1 fully saturated rings. The molecule has 1 rings (SSSR count). The van der Waals surface area contributed by atoms with Gasteiger partial charge in [0.1, 0.15) is 0 Å². The van der Waals surface area contributed by atoms with Crippen LogP contribution in [0, 0.1) is 11.8 Å². The molecule has 0 heterocycles. The number of carboxylic acid groups (broad SMARTS) is 1. The summed E-state index contributed by atoms with van der Waals surface area (Å²) in [5, 5.41) is 8.83. The third-order valence-corrected chi connectivity index (χ3v) is 3.13. The molecule has 1 aliphatic rings. The SMILES string of the molecule is CC1C(Cl)CCCC1C(=O)O. The van der Waals surface area contributed by atoms with Gasteiger partial charge in [-0.3, -0.25) is 4.79 Å². The number of hydrogen-bond donors (Lipinski definition) is 1. The van der Waals surface area contributed by atoms with Gasteiger partial charge in [0, 0.05) is 5.38 Å². The number of alkyl halides is 1. The van der Waals surface area contributed by atoms with E-state index in [2.05, 4.69) is 0 Å². The van der Waals surface area contributed by atoms with E-state index in [4.69, 9.17) is 16.7 Å². The Morgan fingerprint density at radius 2 is 2.18 bits per heavy atom. The van der Waals surface area contributed by atoms with E-state index in [-0.39, 0.29) is 17.2 Å². The van der Waals surface area contributed by atoms with E-state index in [0.717, 1.165) is 19.3 Å². The maximum atomic E-state index is 10.7. The molecule has 3 unspecified atom stereocenters. The first-order valence-electron chi connectivity index (χ1n) is 4.00. The highest BCUT2D eigenvalue weighted by atomic mass is 35.5. The Labute approximate surface area is 71.5 Å². The average Bonchev–Trinajstić information content (AvgIpc) is 1.94. The lowest BCUT2D eigenvalue weighted by Gasteiger charge is -2.29. The minimum Gasteiger partial charge on any atom is -0.481 e. The van der Waals surface area contributed by atoms with Crippen LogP contribution in [0.25, 0.3) is 0 Å². The van der Waals surface area contributed by atoms with E-state index in [1.54, 1.807) is 0 Å². The fourth-order valence-electron chi connectivity index (χ4n) is 1.66. The van der Waals surface area contributed by atoms with Gasteiger partial charge in [-0.15, -0.1) is 11.6 Å². The summed E-state index contributed by atoms with van der Waals surface area (Å²) >= 11 is 5.94. The zero-order chi connectivity index (χ0) is 8.43. The molecule has 2 nitrogen and oxygen atoms in total. The molecule has 0 radical (unpaired) electrons. The standard InChI is InChI=1S/C8H13ClO2/c1-5-6(8(10)11)3-2-4-7(5)9/h5-7H,2-4H2,1H3,(H,10,11). The molecule has 0 aromatic heterocycles. The normalized spacial score (nSPS) is 38.5. The minimum absolute atomic E-state index is 0.0600. The van der Waals surface area contributed by atoms with Gasteiger partial charge in [0.2, 0.25) is 0 Å². The quantitative estimate of drug-likeness (QED) is 0.622. The molecule has 1 aliphatic carbocycles. The summed E-state index contributed by atoms with van der Waals surface area (Å²) in [6, 6.07) is 0. The van der Waals surface area contributed by atoms with Crippen molar-refractivity contribution in [1.29, 1.82) is 0 Å². The van der Waals surface area contributed by atoms with Crippen LogP contribution in [0.4, 0.5) is 0 Å². The summed E-state index contributed by atoms with van der Waals surface area (Å²) in [6.45, 7) is 1.93. The minimum atomic E-state index is -0.692. The largest absolute Gasteiger partial charge is 0.481 e. The van der Waals surface area contributed by atoms with Crippen LogP contribution in [0.1, 0.15) is 26.2 Å². The summed E-state index contributed by atoms with van der Waals surface area (Å²) in [6.07, 6.45) is 2.71. The van der Waals surface area contributed by atoms with E-state index in [0.29, 0.717) is 0 Å². The van der Waals surface area contributed by atoms with Crippen molar-refractivity contribution in [2.24, 2.45) is 11.8 Å². The Kier molecular flexibility index (Phi) is 2.77. The van der Waals surface area contributed by atoms with Gasteiger partial charge in [-0.25, -0.2) is 0 Å². The van der Waals surface area contributed by atoms with Gasteiger partial charge < -0.3 is 5.11 Å². The van der Waals surface area contributed by atoms with Crippen molar-refractivity contribution in [3.63, 3.8) is 0 Å². The van der Waals surface area contributed by atoms with Gasteiger partial charge in [0.15, 0.2) is 0 Å². The molecule has 3 heteroatoms. The summed E-state index contributed by atoms with van der Waals surface area (Å²) in [7, 11) is 0. The fourth-order valence-corrected chi connectivity index (χ4v) is 1.99. The molecule has 0 aliphatic heterocycles. The Hall–Kier alpha value is -0.240. The monoisotopic (exact) mass is 176 g/mol. The molecule has 0 aromatic carbocycles. The van der Waals surface area contributed by atoms with Crippen molar-refractivity contribution < 1.29 is 9.90 Å². The topological polar surface area (TPSA) is 37.3 Å². The molecule has 1 N–H and O–H groups in total. The first-order chi connectivity index (χ1) is 5.13. The van der Waals surface area contributed by atoms with E-state index in [9.17, 15) is 4.79 Å². The number of rotatable bonds is 1. The van der Waals surface area contributed by atoms with Crippen molar-refractivity contribution in [2.75, 3.05) is 0 Å². The van der Waals surface area contributed by atoms with Crippen molar-refractivity contribution in [2.45, 2.75) is 31.6 Å². The lowest BCUT2D eigenvalue weighted by atomic mass is 9.80. The van der Waals surface area contributed by atoms with Gasteiger partial charge >= 0.3 is 5.97 Å². The van der Waals surface area contributed by atoms with Crippen molar-refractivity contribution in [3.05, 3.63) is 0 Å². The second-order valence-corrected chi connectivity index (χ2v) is 3.81. The van der Waals surface area contributed by atoms with Gasteiger partial charge in [-0.1, -0.05) is 13.3 Å². The molecule has 3 atom stereocenters. The third kappa shape index (κ3) is 1.86. The van der Waals surface area contributed by atoms with Crippen LogP contribution in [-0.2, 0) is 4.79 Å². The van der Waals surface area contributed by atoms with Crippen LogP contribution in [-0.4, -0.2) is 16.5 Å². The molecular formula is C8H13ClO2. The van der Waals surface area contributed by atoms with Gasteiger partial charge in [-0.05, 0) is 18.8 Å². The van der Waals surface area contributed by atoms with E-state index in [1.165, 1.54) is 0 Å². The summed E-state index contributed by atoms with van der Waals surface area (Å²) in [5.41, 5.74) is 0. The number of aliphatic carboxylic acids is 1. The highest BCUT2D eigenvalue weighted by Crippen LogP contribution is 2.33. The number of halogens is 1. The first-order valence-corrected chi connectivity index (χ1v) is 4.43. The van der Waals surface area contributed by atoms with Crippen molar-refractivity contribution in [1.82, 2.24) is 0 Å². The number of carboxylic acids is 1. The van der Waals surface area contributed by atoms with Gasteiger partial charge in [0.05, 0.1) is 5.92 Å². The molecule has 0 aromatic rings. The molecule has 0 spiro atoms.